The Hall–Kier alpha value is -2.38. The number of nitrogens with zero attached hydrogens (tertiary/aromatic N) is 1. The maximum Gasteiger partial charge on any atom is 0.396 e. The number of nitro groups is 1. The summed E-state index contributed by atoms with van der Waals surface area (Å²) >= 11 is 0. The molecule has 0 bridgehead atoms. The Morgan fingerprint density at radius 3 is 2.63 bits per heavy atom. The van der Waals surface area contributed by atoms with Crippen LogP contribution in [0.2, 0.25) is 0 Å². The summed E-state index contributed by atoms with van der Waals surface area (Å²) in [6, 6.07) is 3.97. The van der Waals surface area contributed by atoms with Crippen molar-refractivity contribution in [2.24, 2.45) is 0 Å². The second-order valence-electron chi connectivity index (χ2n) is 3.87. The molecule has 2 rings (SSSR count). The van der Waals surface area contributed by atoms with Gasteiger partial charge in [0.15, 0.2) is 5.78 Å². The number of rotatable bonds is 3. The number of H-pyrrole nitrogens is 1. The minimum absolute atomic E-state index is 0.0956. The molecule has 0 fully saturated rings. The third kappa shape index (κ3) is 2.56. The summed E-state index contributed by atoms with van der Waals surface area (Å²) in [4.78, 5) is 24.2. The first-order chi connectivity index (χ1) is 8.79. The van der Waals surface area contributed by atoms with Crippen molar-refractivity contribution >= 4 is 22.4 Å². The van der Waals surface area contributed by atoms with E-state index in [1.165, 1.54) is 12.1 Å². The third-order valence-corrected chi connectivity index (χ3v) is 2.54. The van der Waals surface area contributed by atoms with Crippen LogP contribution in [0.5, 0.6) is 0 Å². The molecule has 0 radical (unpaired) electrons. The third-order valence-electron chi connectivity index (χ3n) is 2.54. The smallest absolute Gasteiger partial charge is 0.360 e. The van der Waals surface area contributed by atoms with Gasteiger partial charge in [0, 0.05) is 12.3 Å². The summed E-state index contributed by atoms with van der Waals surface area (Å²) in [6.45, 7) is 0. The molecule has 0 saturated carbocycles. The number of hydrogen-bond donors (Lipinski definition) is 1. The first-order valence-electron chi connectivity index (χ1n) is 5.14. The zero-order chi connectivity index (χ0) is 14.2. The lowest BCUT2D eigenvalue weighted by Crippen LogP contribution is -2.14. The van der Waals surface area contributed by atoms with E-state index in [4.69, 9.17) is 0 Å². The largest absolute Gasteiger partial charge is 0.396 e. The Bertz CT molecular complexity index is 661. The molecule has 1 aromatic heterocycles. The SMILES string of the molecule is O=C(CC(F)(F)F)c1c[nH]c2cccc([N+](=O)[O-])c12. The average molecular weight is 272 g/mol. The van der Waals surface area contributed by atoms with Crippen molar-refractivity contribution in [3.05, 3.63) is 40.1 Å². The van der Waals surface area contributed by atoms with Gasteiger partial charge in [-0.3, -0.25) is 14.9 Å². The Labute approximate surface area is 104 Å². The van der Waals surface area contributed by atoms with Crippen LogP contribution in [0.25, 0.3) is 10.9 Å². The van der Waals surface area contributed by atoms with Crippen LogP contribution in [0, 0.1) is 10.1 Å². The lowest BCUT2D eigenvalue weighted by molar-refractivity contribution is -0.383. The standard InChI is InChI=1S/C11H7F3N2O3/c12-11(13,14)4-9(17)6-5-15-7-2-1-3-8(10(6)7)16(18)19/h1-3,5,15H,4H2. The molecule has 100 valence electrons. The number of ketones is 1. The Kier molecular flexibility index (Phi) is 3.01. The van der Waals surface area contributed by atoms with E-state index in [9.17, 15) is 28.1 Å². The van der Waals surface area contributed by atoms with Crippen LogP contribution in [0.4, 0.5) is 18.9 Å². The van der Waals surface area contributed by atoms with Gasteiger partial charge >= 0.3 is 6.18 Å². The fourth-order valence-corrected chi connectivity index (χ4v) is 1.81. The Morgan fingerprint density at radius 1 is 1.37 bits per heavy atom. The molecule has 2 aromatic rings. The second kappa shape index (κ2) is 4.38. The van der Waals surface area contributed by atoms with Gasteiger partial charge < -0.3 is 4.98 Å². The fourth-order valence-electron chi connectivity index (χ4n) is 1.81. The lowest BCUT2D eigenvalue weighted by Gasteiger charge is -2.04. The number of fused-ring (bicyclic) bond motifs is 1. The van der Waals surface area contributed by atoms with Crippen molar-refractivity contribution in [1.29, 1.82) is 0 Å². The Balaban J connectivity index is 2.56. The first kappa shape index (κ1) is 13.1. The molecular weight excluding hydrogens is 265 g/mol. The van der Waals surface area contributed by atoms with Gasteiger partial charge in [-0.2, -0.15) is 13.2 Å². The molecule has 0 amide bonds. The normalized spacial score (nSPS) is 11.7. The number of carbonyl (C=O) groups excluding carboxylic acids is 1. The summed E-state index contributed by atoms with van der Waals surface area (Å²) in [6.07, 6.45) is -5.23. The Morgan fingerprint density at radius 2 is 2.05 bits per heavy atom. The van der Waals surface area contributed by atoms with Crippen molar-refractivity contribution in [2.45, 2.75) is 12.6 Å². The van der Waals surface area contributed by atoms with E-state index in [1.54, 1.807) is 0 Å². The summed E-state index contributed by atoms with van der Waals surface area (Å²) in [5.74, 6) is -1.20. The molecule has 1 heterocycles. The van der Waals surface area contributed by atoms with Gasteiger partial charge in [0.2, 0.25) is 0 Å². The minimum atomic E-state index is -4.65. The number of aromatic nitrogens is 1. The van der Waals surface area contributed by atoms with Gasteiger partial charge in [-0.15, -0.1) is 0 Å². The van der Waals surface area contributed by atoms with Crippen molar-refractivity contribution < 1.29 is 22.9 Å². The number of carbonyl (C=O) groups is 1. The topological polar surface area (TPSA) is 76.0 Å². The maximum atomic E-state index is 12.2. The lowest BCUT2D eigenvalue weighted by atomic mass is 10.1. The van der Waals surface area contributed by atoms with E-state index >= 15 is 0 Å². The van der Waals surface area contributed by atoms with Gasteiger partial charge in [0.05, 0.1) is 21.4 Å². The number of non-ortho nitro benzene ring substituents is 1. The fraction of sp³-hybridized carbons (Fsp3) is 0.182. The molecular formula is C11H7F3N2O3. The molecule has 0 aliphatic heterocycles. The van der Waals surface area contributed by atoms with Crippen molar-refractivity contribution in [2.75, 3.05) is 0 Å². The number of Topliss-reactive ketones (excluding diaryl/α,β-unsaturated/α-hetero) is 1. The van der Waals surface area contributed by atoms with Crippen molar-refractivity contribution in [3.8, 4) is 0 Å². The molecule has 1 aromatic carbocycles. The number of alkyl halides is 3. The van der Waals surface area contributed by atoms with Crippen LogP contribution in [0.1, 0.15) is 16.8 Å². The number of benzene rings is 1. The quantitative estimate of drug-likeness (QED) is 0.529. The number of hydrogen-bond acceptors (Lipinski definition) is 3. The second-order valence-corrected chi connectivity index (χ2v) is 3.87. The molecule has 0 saturated heterocycles. The highest BCUT2D eigenvalue weighted by molar-refractivity contribution is 6.11. The molecule has 0 unspecified atom stereocenters. The van der Waals surface area contributed by atoms with Crippen molar-refractivity contribution in [1.82, 2.24) is 4.98 Å². The predicted molar refractivity (Wildman–Crippen MR) is 60.0 cm³/mol. The highest BCUT2D eigenvalue weighted by atomic mass is 19.4. The van der Waals surface area contributed by atoms with Gasteiger partial charge in [-0.1, -0.05) is 6.07 Å². The predicted octanol–water partition coefficient (Wildman–Crippen LogP) is 3.21. The molecule has 19 heavy (non-hydrogen) atoms. The number of halogens is 3. The van der Waals surface area contributed by atoms with Gasteiger partial charge in [0.25, 0.3) is 5.69 Å². The van der Waals surface area contributed by atoms with Gasteiger partial charge in [0.1, 0.15) is 6.42 Å². The van der Waals surface area contributed by atoms with Gasteiger partial charge in [-0.05, 0) is 6.07 Å². The molecule has 8 heteroatoms. The number of aromatic amines is 1. The highest BCUT2D eigenvalue weighted by Gasteiger charge is 2.33. The molecule has 0 aliphatic carbocycles. The highest BCUT2D eigenvalue weighted by Crippen LogP contribution is 2.31. The minimum Gasteiger partial charge on any atom is -0.360 e. The van der Waals surface area contributed by atoms with Crippen LogP contribution >= 0.6 is 0 Å². The van der Waals surface area contributed by atoms with Crippen LogP contribution in [-0.4, -0.2) is 21.9 Å². The number of nitro benzene ring substituents is 1. The van der Waals surface area contributed by atoms with Crippen LogP contribution < -0.4 is 0 Å². The van der Waals surface area contributed by atoms with E-state index in [0.29, 0.717) is 0 Å². The van der Waals surface area contributed by atoms with Crippen molar-refractivity contribution in [3.63, 3.8) is 0 Å². The summed E-state index contributed by atoms with van der Waals surface area (Å²) in [7, 11) is 0. The molecule has 1 N–H and O–H groups in total. The van der Waals surface area contributed by atoms with Gasteiger partial charge in [-0.25, -0.2) is 0 Å². The van der Waals surface area contributed by atoms with Crippen LogP contribution in [0.15, 0.2) is 24.4 Å². The zero-order valence-corrected chi connectivity index (χ0v) is 9.32. The van der Waals surface area contributed by atoms with E-state index in [1.807, 2.05) is 0 Å². The summed E-state index contributed by atoms with van der Waals surface area (Å²) in [5, 5.41) is 10.7. The molecule has 0 spiro atoms. The molecule has 0 atom stereocenters. The number of nitrogens with one attached hydrogen (secondary N) is 1. The van der Waals surface area contributed by atoms with E-state index in [2.05, 4.69) is 4.98 Å². The summed E-state index contributed by atoms with van der Waals surface area (Å²) in [5.41, 5.74) is -0.469. The molecule has 0 aliphatic rings. The zero-order valence-electron chi connectivity index (χ0n) is 9.32. The maximum absolute atomic E-state index is 12.2. The van der Waals surface area contributed by atoms with E-state index < -0.39 is 29.0 Å². The van der Waals surface area contributed by atoms with Crippen LogP contribution in [-0.2, 0) is 0 Å². The molecule has 5 nitrogen and oxygen atoms in total. The van der Waals surface area contributed by atoms with E-state index in [0.717, 1.165) is 12.3 Å². The summed E-state index contributed by atoms with van der Waals surface area (Å²) < 4.78 is 36.6. The van der Waals surface area contributed by atoms with E-state index in [-0.39, 0.29) is 16.5 Å². The monoisotopic (exact) mass is 272 g/mol. The average Bonchev–Trinajstić information content (AvgIpc) is 2.69. The van der Waals surface area contributed by atoms with Crippen LogP contribution in [0.3, 0.4) is 0 Å². The first-order valence-corrected chi connectivity index (χ1v) is 5.14.